The van der Waals surface area contributed by atoms with Crippen molar-refractivity contribution in [2.45, 2.75) is 38.3 Å². The molecule has 1 aliphatic carbocycles. The van der Waals surface area contributed by atoms with E-state index in [1.165, 1.54) is 25.3 Å². The van der Waals surface area contributed by atoms with Gasteiger partial charge in [0.1, 0.15) is 0 Å². The van der Waals surface area contributed by atoms with Crippen LogP contribution >= 0.6 is 0 Å². The predicted octanol–water partition coefficient (Wildman–Crippen LogP) is 0.667. The molecular formula is C14H23N3O2. The number of nitrogens with zero attached hydrogens (tertiary/aromatic N) is 2. The average molecular weight is 265 g/mol. The topological polar surface area (TPSA) is 71.5 Å². The maximum Gasteiger partial charge on any atom is 0.250 e. The highest BCUT2D eigenvalue weighted by Gasteiger charge is 2.23. The summed E-state index contributed by atoms with van der Waals surface area (Å²) in [6.07, 6.45) is 6.36. The van der Waals surface area contributed by atoms with Gasteiger partial charge in [-0.25, -0.2) is 0 Å². The molecular weight excluding hydrogens is 242 g/mol. The monoisotopic (exact) mass is 265 g/mol. The third-order valence-electron chi connectivity index (χ3n) is 3.83. The molecule has 2 rings (SSSR count). The smallest absolute Gasteiger partial charge is 0.250 e. The van der Waals surface area contributed by atoms with E-state index in [-0.39, 0.29) is 12.2 Å². The molecule has 3 N–H and O–H groups in total. The fourth-order valence-electron chi connectivity index (χ4n) is 2.53. The van der Waals surface area contributed by atoms with Crippen molar-refractivity contribution in [1.82, 2.24) is 9.47 Å². The van der Waals surface area contributed by atoms with Gasteiger partial charge in [-0.05, 0) is 25.3 Å². The Hall–Kier alpha value is -1.33. The van der Waals surface area contributed by atoms with E-state index in [2.05, 4.69) is 4.90 Å². The second kappa shape index (κ2) is 6.73. The summed E-state index contributed by atoms with van der Waals surface area (Å²) in [5.74, 6) is 0. The minimum absolute atomic E-state index is 0.00782. The third-order valence-corrected chi connectivity index (χ3v) is 3.83. The van der Waals surface area contributed by atoms with E-state index in [0.717, 1.165) is 19.5 Å². The molecule has 5 nitrogen and oxygen atoms in total. The van der Waals surface area contributed by atoms with Crippen LogP contribution in [-0.4, -0.2) is 40.3 Å². The molecule has 1 aromatic heterocycles. The van der Waals surface area contributed by atoms with E-state index in [4.69, 9.17) is 10.8 Å². The summed E-state index contributed by atoms with van der Waals surface area (Å²) < 4.78 is 1.66. The minimum atomic E-state index is -0.00782. The molecule has 1 saturated carbocycles. The van der Waals surface area contributed by atoms with Gasteiger partial charge in [-0.3, -0.25) is 9.69 Å². The van der Waals surface area contributed by atoms with Crippen molar-refractivity contribution >= 4 is 5.69 Å². The van der Waals surface area contributed by atoms with Crippen molar-refractivity contribution in [2.75, 3.05) is 25.4 Å². The van der Waals surface area contributed by atoms with Crippen LogP contribution in [0, 0.1) is 0 Å². The zero-order valence-electron chi connectivity index (χ0n) is 11.3. The standard InChI is InChI=1S/C14H23N3O2/c15-12-5-6-14(19)17(11-12)8-2-7-16(9-10-18)13-3-1-4-13/h5-6,11,13,18H,1-4,7-10,15H2. The maximum absolute atomic E-state index is 11.6. The Morgan fingerprint density at radius 1 is 1.37 bits per heavy atom. The summed E-state index contributed by atoms with van der Waals surface area (Å²) in [4.78, 5) is 14.0. The fourth-order valence-corrected chi connectivity index (χ4v) is 2.53. The van der Waals surface area contributed by atoms with Gasteiger partial charge >= 0.3 is 0 Å². The summed E-state index contributed by atoms with van der Waals surface area (Å²) >= 11 is 0. The molecule has 0 unspecified atom stereocenters. The Labute approximate surface area is 113 Å². The molecule has 0 bridgehead atoms. The van der Waals surface area contributed by atoms with Gasteiger partial charge in [0.2, 0.25) is 0 Å². The van der Waals surface area contributed by atoms with Crippen LogP contribution in [-0.2, 0) is 6.54 Å². The number of aliphatic hydroxyl groups is 1. The Kier molecular flexibility index (Phi) is 4.99. The number of nitrogens with two attached hydrogens (primary N) is 1. The second-order valence-corrected chi connectivity index (χ2v) is 5.19. The van der Waals surface area contributed by atoms with Crippen LogP contribution in [0.5, 0.6) is 0 Å². The lowest BCUT2D eigenvalue weighted by Crippen LogP contribution is -2.42. The highest BCUT2D eigenvalue weighted by atomic mass is 16.3. The van der Waals surface area contributed by atoms with Crippen molar-refractivity contribution < 1.29 is 5.11 Å². The number of hydrogen-bond donors (Lipinski definition) is 2. The second-order valence-electron chi connectivity index (χ2n) is 5.19. The first kappa shape index (κ1) is 14.1. The van der Waals surface area contributed by atoms with Crippen molar-refractivity contribution in [3.05, 3.63) is 28.7 Å². The van der Waals surface area contributed by atoms with E-state index in [1.54, 1.807) is 16.8 Å². The van der Waals surface area contributed by atoms with E-state index in [1.807, 2.05) is 0 Å². The number of anilines is 1. The highest BCUT2D eigenvalue weighted by Crippen LogP contribution is 2.24. The van der Waals surface area contributed by atoms with Gasteiger partial charge in [-0.1, -0.05) is 6.42 Å². The number of pyridine rings is 1. The molecule has 5 heteroatoms. The molecule has 0 radical (unpaired) electrons. The van der Waals surface area contributed by atoms with Crippen LogP contribution < -0.4 is 11.3 Å². The number of rotatable bonds is 7. The Morgan fingerprint density at radius 3 is 2.79 bits per heavy atom. The number of aromatic nitrogens is 1. The van der Waals surface area contributed by atoms with Crippen LogP contribution in [0.4, 0.5) is 5.69 Å². The van der Waals surface area contributed by atoms with Crippen LogP contribution in [0.2, 0.25) is 0 Å². The first-order chi connectivity index (χ1) is 9.20. The SMILES string of the molecule is Nc1ccc(=O)n(CCCN(CCO)C2CCC2)c1. The van der Waals surface area contributed by atoms with Crippen molar-refractivity contribution in [3.8, 4) is 0 Å². The van der Waals surface area contributed by atoms with Gasteiger partial charge in [0, 0.05) is 43.6 Å². The molecule has 0 atom stereocenters. The van der Waals surface area contributed by atoms with Crippen molar-refractivity contribution in [1.29, 1.82) is 0 Å². The van der Waals surface area contributed by atoms with E-state index < -0.39 is 0 Å². The van der Waals surface area contributed by atoms with Gasteiger partial charge in [0.25, 0.3) is 5.56 Å². The Bertz CT molecular complexity index is 454. The number of aliphatic hydroxyl groups excluding tert-OH is 1. The first-order valence-corrected chi connectivity index (χ1v) is 7.01. The van der Waals surface area contributed by atoms with Crippen molar-refractivity contribution in [2.24, 2.45) is 0 Å². The molecule has 19 heavy (non-hydrogen) atoms. The van der Waals surface area contributed by atoms with E-state index in [9.17, 15) is 4.79 Å². The molecule has 1 aliphatic rings. The maximum atomic E-state index is 11.6. The molecule has 0 aromatic carbocycles. The molecule has 0 spiro atoms. The van der Waals surface area contributed by atoms with Crippen molar-refractivity contribution in [3.63, 3.8) is 0 Å². The quantitative estimate of drug-likeness (QED) is 0.760. The van der Waals surface area contributed by atoms with Crippen LogP contribution in [0.1, 0.15) is 25.7 Å². The van der Waals surface area contributed by atoms with Gasteiger partial charge in [0.15, 0.2) is 0 Å². The van der Waals surface area contributed by atoms with E-state index in [0.29, 0.717) is 18.3 Å². The van der Waals surface area contributed by atoms with E-state index >= 15 is 0 Å². The summed E-state index contributed by atoms with van der Waals surface area (Å²) in [5, 5.41) is 9.09. The highest BCUT2D eigenvalue weighted by molar-refractivity contribution is 5.33. The predicted molar refractivity (Wildman–Crippen MR) is 76.0 cm³/mol. The Morgan fingerprint density at radius 2 is 2.16 bits per heavy atom. The molecule has 0 amide bonds. The van der Waals surface area contributed by atoms with Gasteiger partial charge < -0.3 is 15.4 Å². The number of hydrogen-bond acceptors (Lipinski definition) is 4. The molecule has 0 saturated heterocycles. The molecule has 106 valence electrons. The molecule has 1 aromatic rings. The molecule has 1 fully saturated rings. The number of nitrogen functional groups attached to an aromatic ring is 1. The van der Waals surface area contributed by atoms with Gasteiger partial charge in [0.05, 0.1) is 6.61 Å². The zero-order chi connectivity index (χ0) is 13.7. The van der Waals surface area contributed by atoms with Gasteiger partial charge in [-0.15, -0.1) is 0 Å². The van der Waals surface area contributed by atoms with Gasteiger partial charge in [-0.2, -0.15) is 0 Å². The lowest BCUT2D eigenvalue weighted by Gasteiger charge is -2.37. The van der Waals surface area contributed by atoms with Crippen LogP contribution in [0.25, 0.3) is 0 Å². The average Bonchev–Trinajstić information content (AvgIpc) is 2.31. The normalized spacial score (nSPS) is 15.7. The zero-order valence-corrected chi connectivity index (χ0v) is 11.3. The Balaban J connectivity index is 1.84. The lowest BCUT2D eigenvalue weighted by atomic mass is 9.91. The molecule has 1 heterocycles. The fraction of sp³-hybridized carbons (Fsp3) is 0.643. The third kappa shape index (κ3) is 3.81. The number of aryl methyl sites for hydroxylation is 1. The van der Waals surface area contributed by atoms with Crippen LogP contribution in [0.3, 0.4) is 0 Å². The minimum Gasteiger partial charge on any atom is -0.398 e. The summed E-state index contributed by atoms with van der Waals surface area (Å²) in [6, 6.07) is 3.77. The summed E-state index contributed by atoms with van der Waals surface area (Å²) in [6.45, 7) is 2.54. The molecule has 0 aliphatic heterocycles. The first-order valence-electron chi connectivity index (χ1n) is 7.01. The lowest BCUT2D eigenvalue weighted by molar-refractivity contribution is 0.0989. The summed E-state index contributed by atoms with van der Waals surface area (Å²) in [7, 11) is 0. The summed E-state index contributed by atoms with van der Waals surface area (Å²) in [5.41, 5.74) is 6.29. The largest absolute Gasteiger partial charge is 0.398 e. The van der Waals surface area contributed by atoms with Crippen LogP contribution in [0.15, 0.2) is 23.1 Å².